The summed E-state index contributed by atoms with van der Waals surface area (Å²) >= 11 is 16.7. The maximum atomic E-state index is 11.4. The first-order valence-electron chi connectivity index (χ1n) is 4.36. The van der Waals surface area contributed by atoms with Crippen LogP contribution < -0.4 is 10.6 Å². The van der Waals surface area contributed by atoms with Gasteiger partial charge in [-0.3, -0.25) is 10.1 Å². The molecule has 1 saturated heterocycles. The van der Waals surface area contributed by atoms with Crippen molar-refractivity contribution in [3.8, 4) is 0 Å². The number of halogens is 2. The Labute approximate surface area is 107 Å². The van der Waals surface area contributed by atoms with Crippen LogP contribution in [0.15, 0.2) is 23.9 Å². The van der Waals surface area contributed by atoms with E-state index in [1.807, 2.05) is 0 Å². The summed E-state index contributed by atoms with van der Waals surface area (Å²) in [7, 11) is 0. The van der Waals surface area contributed by atoms with E-state index in [-0.39, 0.29) is 11.0 Å². The average Bonchev–Trinajstić information content (AvgIpc) is 2.51. The second-order valence-corrected chi connectivity index (χ2v) is 4.32. The second kappa shape index (κ2) is 4.41. The normalized spacial score (nSPS) is 17.5. The van der Waals surface area contributed by atoms with Crippen molar-refractivity contribution in [2.75, 3.05) is 0 Å². The van der Waals surface area contributed by atoms with Gasteiger partial charge in [0.25, 0.3) is 5.91 Å². The van der Waals surface area contributed by atoms with Crippen LogP contribution in [0.4, 0.5) is 0 Å². The van der Waals surface area contributed by atoms with Gasteiger partial charge < -0.3 is 5.32 Å². The molecule has 1 aliphatic rings. The number of rotatable bonds is 1. The molecule has 16 heavy (non-hydrogen) atoms. The van der Waals surface area contributed by atoms with E-state index in [0.717, 1.165) is 0 Å². The zero-order valence-electron chi connectivity index (χ0n) is 7.88. The molecule has 0 aliphatic carbocycles. The zero-order chi connectivity index (χ0) is 11.7. The van der Waals surface area contributed by atoms with Crippen LogP contribution in [0.3, 0.4) is 0 Å². The maximum Gasteiger partial charge on any atom is 0.273 e. The highest BCUT2D eigenvalue weighted by atomic mass is 35.5. The number of thiocarbonyl (C=S) groups is 1. The van der Waals surface area contributed by atoms with Crippen LogP contribution in [0.5, 0.6) is 0 Å². The van der Waals surface area contributed by atoms with Gasteiger partial charge in [-0.1, -0.05) is 29.3 Å². The number of hydrogen-bond acceptors (Lipinski definition) is 2. The van der Waals surface area contributed by atoms with Gasteiger partial charge in [0.1, 0.15) is 5.70 Å². The fraction of sp³-hybridized carbons (Fsp3) is 0. The Morgan fingerprint density at radius 2 is 1.81 bits per heavy atom. The Kier molecular flexibility index (Phi) is 3.14. The van der Waals surface area contributed by atoms with E-state index in [0.29, 0.717) is 21.3 Å². The molecule has 2 N–H and O–H groups in total. The predicted octanol–water partition coefficient (Wildman–Crippen LogP) is 2.34. The molecule has 2 rings (SSSR count). The monoisotopic (exact) mass is 272 g/mol. The molecule has 3 nitrogen and oxygen atoms in total. The van der Waals surface area contributed by atoms with Crippen molar-refractivity contribution < 1.29 is 4.79 Å². The molecule has 0 bridgehead atoms. The summed E-state index contributed by atoms with van der Waals surface area (Å²) in [5, 5.41) is 6.41. The van der Waals surface area contributed by atoms with E-state index >= 15 is 0 Å². The number of benzene rings is 1. The molecular formula is C10H6Cl2N2OS. The first kappa shape index (κ1) is 11.4. The molecule has 0 atom stereocenters. The lowest BCUT2D eigenvalue weighted by Gasteiger charge is -2.02. The van der Waals surface area contributed by atoms with Gasteiger partial charge in [0.2, 0.25) is 0 Å². The molecule has 1 amide bonds. The Morgan fingerprint density at radius 3 is 2.31 bits per heavy atom. The Balaban J connectivity index is 2.44. The minimum absolute atomic E-state index is 0.277. The van der Waals surface area contributed by atoms with Crippen LogP contribution in [-0.2, 0) is 4.79 Å². The molecular weight excluding hydrogens is 267 g/mol. The Morgan fingerprint density at radius 1 is 1.19 bits per heavy atom. The van der Waals surface area contributed by atoms with E-state index in [4.69, 9.17) is 35.4 Å². The largest absolute Gasteiger partial charge is 0.328 e. The molecule has 1 heterocycles. The fourth-order valence-corrected chi connectivity index (χ4v) is 1.98. The van der Waals surface area contributed by atoms with E-state index in [1.165, 1.54) is 0 Å². The predicted molar refractivity (Wildman–Crippen MR) is 68.3 cm³/mol. The molecule has 1 aromatic carbocycles. The molecule has 82 valence electrons. The van der Waals surface area contributed by atoms with Crippen LogP contribution >= 0.6 is 35.4 Å². The third-order valence-electron chi connectivity index (χ3n) is 2.01. The van der Waals surface area contributed by atoms with Crippen molar-refractivity contribution in [1.29, 1.82) is 0 Å². The summed E-state index contributed by atoms with van der Waals surface area (Å²) in [6, 6.07) is 5.13. The highest BCUT2D eigenvalue weighted by molar-refractivity contribution is 7.80. The van der Waals surface area contributed by atoms with Gasteiger partial charge in [0.05, 0.1) is 0 Å². The van der Waals surface area contributed by atoms with Crippen molar-refractivity contribution in [3.63, 3.8) is 0 Å². The Bertz CT molecular complexity index is 493. The summed E-state index contributed by atoms with van der Waals surface area (Å²) in [5.41, 5.74) is 0.924. The molecule has 0 saturated carbocycles. The summed E-state index contributed by atoms with van der Waals surface area (Å²) in [6.07, 6.45) is 1.57. The third-order valence-corrected chi connectivity index (χ3v) is 2.87. The highest BCUT2D eigenvalue weighted by Crippen LogP contribution is 2.26. The van der Waals surface area contributed by atoms with Crippen molar-refractivity contribution in [1.82, 2.24) is 10.6 Å². The minimum atomic E-state index is -0.291. The number of hydrogen-bond donors (Lipinski definition) is 2. The fourth-order valence-electron chi connectivity index (χ4n) is 1.28. The average molecular weight is 273 g/mol. The van der Waals surface area contributed by atoms with Crippen LogP contribution in [-0.4, -0.2) is 11.0 Å². The first-order chi connectivity index (χ1) is 7.58. The highest BCUT2D eigenvalue weighted by Gasteiger charge is 2.20. The molecule has 1 aliphatic heterocycles. The van der Waals surface area contributed by atoms with Gasteiger partial charge in [-0.25, -0.2) is 0 Å². The van der Waals surface area contributed by atoms with Gasteiger partial charge in [-0.05, 0) is 30.4 Å². The zero-order valence-corrected chi connectivity index (χ0v) is 10.2. The minimum Gasteiger partial charge on any atom is -0.328 e. The summed E-state index contributed by atoms with van der Waals surface area (Å²) in [5.74, 6) is -0.291. The van der Waals surface area contributed by atoms with Crippen LogP contribution in [0, 0.1) is 0 Å². The van der Waals surface area contributed by atoms with Crippen molar-refractivity contribution >= 4 is 52.5 Å². The smallest absolute Gasteiger partial charge is 0.273 e. The van der Waals surface area contributed by atoms with E-state index in [2.05, 4.69) is 10.6 Å². The molecule has 1 aromatic rings. The number of carbonyl (C=O) groups excluding carboxylic acids is 1. The summed E-state index contributed by atoms with van der Waals surface area (Å²) in [4.78, 5) is 11.4. The van der Waals surface area contributed by atoms with Crippen molar-refractivity contribution in [2.24, 2.45) is 0 Å². The molecule has 1 fully saturated rings. The van der Waals surface area contributed by atoms with Gasteiger partial charge in [-0.2, -0.15) is 0 Å². The third kappa shape index (κ3) is 2.19. The maximum absolute atomic E-state index is 11.4. The van der Waals surface area contributed by atoms with E-state index < -0.39 is 0 Å². The lowest BCUT2D eigenvalue weighted by molar-refractivity contribution is -0.115. The first-order valence-corrected chi connectivity index (χ1v) is 5.52. The van der Waals surface area contributed by atoms with Gasteiger partial charge in [0.15, 0.2) is 5.11 Å². The second-order valence-electron chi connectivity index (χ2n) is 3.10. The lowest BCUT2D eigenvalue weighted by atomic mass is 10.2. The lowest BCUT2D eigenvalue weighted by Crippen LogP contribution is -2.21. The van der Waals surface area contributed by atoms with Crippen molar-refractivity contribution in [3.05, 3.63) is 39.5 Å². The molecule has 0 radical (unpaired) electrons. The van der Waals surface area contributed by atoms with E-state index in [1.54, 1.807) is 24.3 Å². The van der Waals surface area contributed by atoms with Gasteiger partial charge in [0, 0.05) is 15.6 Å². The Hall–Kier alpha value is -1.10. The standard InChI is InChI=1S/C10H6Cl2N2OS/c11-6-2-1-3-7(12)5(6)4-8-9(15)14-10(16)13-8/h1-4H,(H2,13,14,15,16). The SMILES string of the molecule is O=C1NC(=S)NC1=Cc1c(Cl)cccc1Cl. The molecule has 0 unspecified atom stereocenters. The van der Waals surface area contributed by atoms with E-state index in [9.17, 15) is 4.79 Å². The van der Waals surface area contributed by atoms with Crippen LogP contribution in [0.1, 0.15) is 5.56 Å². The number of carbonyl (C=O) groups is 1. The quantitative estimate of drug-likeness (QED) is 0.609. The number of amides is 1. The van der Waals surface area contributed by atoms with Crippen LogP contribution in [0.25, 0.3) is 6.08 Å². The van der Waals surface area contributed by atoms with Crippen LogP contribution in [0.2, 0.25) is 10.0 Å². The molecule has 0 aromatic heterocycles. The van der Waals surface area contributed by atoms with Crippen molar-refractivity contribution in [2.45, 2.75) is 0 Å². The topological polar surface area (TPSA) is 41.1 Å². The number of nitrogens with one attached hydrogen (secondary N) is 2. The summed E-state index contributed by atoms with van der Waals surface area (Å²) < 4.78 is 0. The van der Waals surface area contributed by atoms with Gasteiger partial charge in [-0.15, -0.1) is 0 Å². The molecule has 0 spiro atoms. The summed E-state index contributed by atoms with van der Waals surface area (Å²) in [6.45, 7) is 0. The van der Waals surface area contributed by atoms with Gasteiger partial charge >= 0.3 is 0 Å². The molecule has 6 heteroatoms.